The normalized spacial score (nSPS) is 8.80. The molecular formula is C10H9NO4. The molecule has 0 aromatic heterocycles. The summed E-state index contributed by atoms with van der Waals surface area (Å²) >= 11 is 0. The van der Waals surface area contributed by atoms with E-state index in [-0.39, 0.29) is 24.6 Å². The summed E-state index contributed by atoms with van der Waals surface area (Å²) in [5.41, 5.74) is 0. The molecule has 0 aliphatic heterocycles. The Morgan fingerprint density at radius 1 is 1.47 bits per heavy atom. The van der Waals surface area contributed by atoms with Crippen LogP contribution < -0.4 is 14.2 Å². The Bertz CT molecular complexity index is 383. The number of nitriles is 1. The molecule has 0 saturated carbocycles. The van der Waals surface area contributed by atoms with Crippen LogP contribution in [0, 0.1) is 11.3 Å². The topological polar surface area (TPSA) is 68.6 Å². The predicted octanol–water partition coefficient (Wildman–Crippen LogP) is 1.13. The van der Waals surface area contributed by atoms with Crippen LogP contribution in [0.2, 0.25) is 0 Å². The van der Waals surface area contributed by atoms with Crippen molar-refractivity contribution in [2.24, 2.45) is 0 Å². The number of carbonyl (C=O) groups excluding carboxylic acids is 1. The van der Waals surface area contributed by atoms with Crippen molar-refractivity contribution in [1.29, 1.82) is 5.26 Å². The Hall–Kier alpha value is -2.22. The summed E-state index contributed by atoms with van der Waals surface area (Å²) in [6, 6.07) is 6.65. The van der Waals surface area contributed by atoms with Crippen molar-refractivity contribution in [3.63, 3.8) is 0 Å². The first-order valence-corrected chi connectivity index (χ1v) is 4.10. The van der Waals surface area contributed by atoms with E-state index >= 15 is 0 Å². The van der Waals surface area contributed by atoms with Crippen molar-refractivity contribution in [3.8, 4) is 23.3 Å². The Labute approximate surface area is 86.8 Å². The third-order valence-electron chi connectivity index (χ3n) is 1.62. The lowest BCUT2D eigenvalue weighted by atomic mass is 10.3. The average molecular weight is 207 g/mol. The molecule has 0 aliphatic carbocycles. The van der Waals surface area contributed by atoms with E-state index in [9.17, 15) is 4.79 Å². The van der Waals surface area contributed by atoms with E-state index in [0.29, 0.717) is 5.75 Å². The number of hydrogen-bond acceptors (Lipinski definition) is 5. The molecule has 1 aromatic rings. The highest BCUT2D eigenvalue weighted by atomic mass is 16.6. The summed E-state index contributed by atoms with van der Waals surface area (Å²) in [6.45, 7) is 0.142. The van der Waals surface area contributed by atoms with Gasteiger partial charge in [0.15, 0.2) is 18.1 Å². The van der Waals surface area contributed by atoms with Crippen LogP contribution >= 0.6 is 0 Å². The molecule has 0 unspecified atom stereocenters. The van der Waals surface area contributed by atoms with Crippen LogP contribution in [0.3, 0.4) is 0 Å². The van der Waals surface area contributed by atoms with E-state index in [1.807, 2.05) is 6.07 Å². The highest BCUT2D eigenvalue weighted by Crippen LogP contribution is 2.36. The van der Waals surface area contributed by atoms with Crippen LogP contribution in [0.25, 0.3) is 0 Å². The predicted molar refractivity (Wildman–Crippen MR) is 50.8 cm³/mol. The molecule has 78 valence electrons. The van der Waals surface area contributed by atoms with Crippen LogP contribution in [0.4, 0.5) is 0 Å². The van der Waals surface area contributed by atoms with Gasteiger partial charge >= 0.3 is 0 Å². The second kappa shape index (κ2) is 5.50. The Balaban J connectivity index is 3.03. The average Bonchev–Trinajstić information content (AvgIpc) is 2.27. The zero-order valence-electron chi connectivity index (χ0n) is 8.10. The van der Waals surface area contributed by atoms with Crippen molar-refractivity contribution >= 4 is 6.47 Å². The highest BCUT2D eigenvalue weighted by Gasteiger charge is 2.11. The van der Waals surface area contributed by atoms with Gasteiger partial charge in [0.1, 0.15) is 6.07 Å². The van der Waals surface area contributed by atoms with Crippen molar-refractivity contribution < 1.29 is 19.0 Å². The number of carbonyl (C=O) groups is 1. The molecule has 15 heavy (non-hydrogen) atoms. The van der Waals surface area contributed by atoms with E-state index in [1.54, 1.807) is 18.2 Å². The maximum Gasteiger partial charge on any atom is 0.298 e. The van der Waals surface area contributed by atoms with Gasteiger partial charge in [-0.05, 0) is 12.1 Å². The molecule has 0 aliphatic rings. The van der Waals surface area contributed by atoms with Crippen molar-refractivity contribution in [1.82, 2.24) is 0 Å². The van der Waals surface area contributed by atoms with Gasteiger partial charge in [-0.2, -0.15) is 5.26 Å². The minimum atomic E-state index is -0.143. The van der Waals surface area contributed by atoms with Crippen molar-refractivity contribution in [2.45, 2.75) is 0 Å². The maximum atomic E-state index is 10.2. The fourth-order valence-corrected chi connectivity index (χ4v) is 1.05. The monoisotopic (exact) mass is 207 g/mol. The molecule has 0 fully saturated rings. The maximum absolute atomic E-state index is 10.2. The summed E-state index contributed by atoms with van der Waals surface area (Å²) in [7, 11) is 1.46. The lowest BCUT2D eigenvalue weighted by molar-refractivity contribution is -0.120. The van der Waals surface area contributed by atoms with Crippen LogP contribution in [-0.2, 0) is 4.79 Å². The molecule has 0 heterocycles. The van der Waals surface area contributed by atoms with Gasteiger partial charge in [-0.25, -0.2) is 0 Å². The largest absolute Gasteiger partial charge is 0.493 e. The highest BCUT2D eigenvalue weighted by molar-refractivity contribution is 5.56. The Kier molecular flexibility index (Phi) is 3.98. The fourth-order valence-electron chi connectivity index (χ4n) is 1.05. The van der Waals surface area contributed by atoms with Crippen molar-refractivity contribution in [2.75, 3.05) is 13.7 Å². The quantitative estimate of drug-likeness (QED) is 0.677. The van der Waals surface area contributed by atoms with Gasteiger partial charge in [-0.15, -0.1) is 0 Å². The van der Waals surface area contributed by atoms with Crippen molar-refractivity contribution in [3.05, 3.63) is 18.2 Å². The number of ether oxygens (including phenoxy) is 3. The van der Waals surface area contributed by atoms with Gasteiger partial charge in [-0.3, -0.25) is 4.79 Å². The second-order valence-corrected chi connectivity index (χ2v) is 2.45. The fraction of sp³-hybridized carbons (Fsp3) is 0.200. The molecule has 0 spiro atoms. The summed E-state index contributed by atoms with van der Waals surface area (Å²) < 4.78 is 14.8. The molecule has 1 rings (SSSR count). The van der Waals surface area contributed by atoms with Gasteiger partial charge in [0.25, 0.3) is 6.47 Å². The summed E-state index contributed by atoms with van der Waals surface area (Å²) in [4.78, 5) is 10.2. The van der Waals surface area contributed by atoms with Gasteiger partial charge in [-0.1, -0.05) is 6.07 Å². The van der Waals surface area contributed by atoms with E-state index in [2.05, 4.69) is 4.74 Å². The standard InChI is InChI=1S/C10H9NO4/c1-13-8-3-2-4-9(15-7-12)10(8)14-6-5-11/h2-4,7H,6H2,1H3. The summed E-state index contributed by atoms with van der Waals surface area (Å²) in [6.07, 6.45) is 0. The van der Waals surface area contributed by atoms with Gasteiger partial charge in [0.05, 0.1) is 7.11 Å². The minimum Gasteiger partial charge on any atom is -0.493 e. The lowest BCUT2D eigenvalue weighted by Crippen LogP contribution is -2.00. The number of rotatable bonds is 5. The molecule has 0 amide bonds. The van der Waals surface area contributed by atoms with Crippen LogP contribution in [0.5, 0.6) is 17.2 Å². The number of hydrogen-bond donors (Lipinski definition) is 0. The van der Waals surface area contributed by atoms with Gasteiger partial charge in [0.2, 0.25) is 5.75 Å². The zero-order chi connectivity index (χ0) is 11.1. The molecular weight excluding hydrogens is 198 g/mol. The smallest absolute Gasteiger partial charge is 0.298 e. The molecule has 0 atom stereocenters. The third-order valence-corrected chi connectivity index (χ3v) is 1.62. The summed E-state index contributed by atoms with van der Waals surface area (Å²) in [5.74, 6) is 0.873. The molecule has 0 bridgehead atoms. The van der Waals surface area contributed by atoms with E-state index < -0.39 is 0 Å². The van der Waals surface area contributed by atoms with Gasteiger partial charge in [0, 0.05) is 0 Å². The van der Waals surface area contributed by atoms with Crippen LogP contribution in [0.15, 0.2) is 18.2 Å². The first-order chi connectivity index (χ1) is 7.33. The van der Waals surface area contributed by atoms with Crippen LogP contribution in [0.1, 0.15) is 0 Å². The molecule has 5 nitrogen and oxygen atoms in total. The zero-order valence-corrected chi connectivity index (χ0v) is 8.10. The number of nitrogens with zero attached hydrogens (tertiary/aromatic N) is 1. The van der Waals surface area contributed by atoms with E-state index in [0.717, 1.165) is 0 Å². The third kappa shape index (κ3) is 2.61. The van der Waals surface area contributed by atoms with E-state index in [4.69, 9.17) is 14.7 Å². The molecule has 0 radical (unpaired) electrons. The number of benzene rings is 1. The second-order valence-electron chi connectivity index (χ2n) is 2.45. The number of methoxy groups -OCH3 is 1. The molecule has 0 saturated heterocycles. The number of para-hydroxylation sites is 1. The minimum absolute atomic E-state index is 0.143. The lowest BCUT2D eigenvalue weighted by Gasteiger charge is -2.10. The molecule has 0 N–H and O–H groups in total. The Morgan fingerprint density at radius 2 is 2.20 bits per heavy atom. The van der Waals surface area contributed by atoms with Gasteiger partial charge < -0.3 is 14.2 Å². The Morgan fingerprint density at radius 3 is 2.80 bits per heavy atom. The molecule has 1 aromatic carbocycles. The SMILES string of the molecule is COc1cccc(OC=O)c1OCC#N. The van der Waals surface area contributed by atoms with Crippen LogP contribution in [-0.4, -0.2) is 20.2 Å². The first-order valence-electron chi connectivity index (χ1n) is 4.10. The first kappa shape index (κ1) is 10.9. The molecule has 5 heteroatoms. The summed E-state index contributed by atoms with van der Waals surface area (Å²) in [5, 5.41) is 8.39. The van der Waals surface area contributed by atoms with E-state index in [1.165, 1.54) is 7.11 Å².